The number of ether oxygens (including phenoxy) is 4. The third-order valence-electron chi connectivity index (χ3n) is 30.5. The number of aromatic hydroxyl groups is 3. The first-order valence-corrected chi connectivity index (χ1v) is 57.8. The van der Waals surface area contributed by atoms with Crippen LogP contribution in [0, 0.1) is 113 Å². The number of rotatable bonds is 19. The second-order valence-corrected chi connectivity index (χ2v) is 50.6. The zero-order valence-corrected chi connectivity index (χ0v) is 84.9. The molecule has 13 aliphatic carbocycles. The Kier molecular flexibility index (Phi) is 34.1. The number of esters is 4. The van der Waals surface area contributed by atoms with Gasteiger partial charge in [-0.05, 0) is 301 Å². The van der Waals surface area contributed by atoms with Crippen LogP contribution >= 0.6 is 0 Å². The molecule has 6 atom stereocenters. The number of phenolic OH excluding ortho intramolecular Hbond substituents is 3. The van der Waals surface area contributed by atoms with Gasteiger partial charge in [0.25, 0.3) is 0 Å². The fourth-order valence-corrected chi connectivity index (χ4v) is 29.4. The number of carbonyl (C=O) groups is 4. The highest BCUT2D eigenvalue weighted by Gasteiger charge is 2.71. The van der Waals surface area contributed by atoms with Crippen LogP contribution in [0.4, 0.5) is 22.0 Å². The number of phenols is 3. The normalized spacial score (nSPS) is 26.0. The summed E-state index contributed by atoms with van der Waals surface area (Å²) in [6.07, 6.45) is 29.4. The van der Waals surface area contributed by atoms with E-state index >= 15 is 0 Å². The minimum absolute atomic E-state index is 0.0231. The van der Waals surface area contributed by atoms with Gasteiger partial charge in [-0.1, -0.05) is 122 Å². The summed E-state index contributed by atoms with van der Waals surface area (Å²) < 4.78 is 316. The molecule has 32 nitrogen and oxygen atoms in total. The highest BCUT2D eigenvalue weighted by molar-refractivity contribution is 7.87. The van der Waals surface area contributed by atoms with E-state index in [1.807, 2.05) is 27.7 Å². The number of hydrogen-bond acceptors (Lipinski definition) is 32. The molecule has 786 valence electrons. The predicted octanol–water partition coefficient (Wildman–Crippen LogP) is 16.6. The zero-order valence-electron chi connectivity index (χ0n) is 79.2. The predicted molar refractivity (Wildman–Crippen MR) is 495 cm³/mol. The lowest BCUT2D eigenvalue weighted by atomic mass is 9.49. The standard InChI is InChI=1S/C24H36O3S.C22H28O9S.C21H28O5S.C10H8O4S.C10H14O4S.C6HF5O3S.C6H6O4S/c25-28(26,27)24-22(19-12-6-2-7-13-19)16-21(18-10-4-1-5-11-18)17-23(24)20-14-8-3-9-15-20;23-19(29-1-2-32(26,27)28)15-13-6-14-16(15)20(24)30-17(14)18(13)31-21(25)22-7-10-3-11(8-22)5-12(4-10)9-22;1-12(2)17-8-19(27(23,24)25)13(3)4-18(17)26-20(22)21-9-14-5-15(10-21)7-16(6-14)11-21;11-9-5-6-10(15(12,13)14)8-4-2-1-3-7(8)9;1-6(2)8-5-10(15(12,13)14)7(3)4-9(8)11;7-1-2(8)4(10)6(15(12,13)14)5(11)3(1)9;7-5-1-3-6(4-2-5)11(8,9)10/h16-20H,1-15H2,(H,25,26,27);10-18H,1-9H2,(H,26,27,28);4,8,12,14-16H,5-7,9-11H2,1-3H3,(H,23,24,25);1-6,11H,(H,12,13,14);4-6,11H,1-3H3,(H,12,13,14);(H,12,13,14);1-4,7H,(H,8,9,10)/p-7. The molecule has 6 unspecified atom stereocenters. The molecule has 0 aromatic heterocycles. The molecule has 1 heterocycles. The largest absolute Gasteiger partial charge is 0.748 e. The fourth-order valence-electron chi connectivity index (χ4n) is 24.9. The number of benzene rings is 7. The molecule has 7 aromatic rings. The van der Waals surface area contributed by atoms with Gasteiger partial charge in [-0.3, -0.25) is 19.2 Å². The summed E-state index contributed by atoms with van der Waals surface area (Å²) in [6, 6.07) is 22.8. The highest BCUT2D eigenvalue weighted by Crippen LogP contribution is 2.64. The van der Waals surface area contributed by atoms with Crippen LogP contribution in [0.1, 0.15) is 276 Å². The Hall–Kier alpha value is -8.90. The van der Waals surface area contributed by atoms with Crippen molar-refractivity contribution in [2.24, 2.45) is 70.0 Å². The van der Waals surface area contributed by atoms with Crippen molar-refractivity contribution in [3.05, 3.63) is 165 Å². The number of hydrogen-bond donors (Lipinski definition) is 3. The molecule has 0 amide bonds. The van der Waals surface area contributed by atoms with Crippen LogP contribution in [0.5, 0.6) is 23.0 Å². The lowest BCUT2D eigenvalue weighted by Crippen LogP contribution is -2.52. The molecular weight excluding hydrogens is 2020 g/mol. The van der Waals surface area contributed by atoms with E-state index in [9.17, 15) is 142 Å². The quantitative estimate of drug-likeness (QED) is 0.0129. The van der Waals surface area contributed by atoms with E-state index in [1.165, 1.54) is 126 Å². The fraction of sp³-hybridized carbons (Fsp3) is 0.556. The maximum Gasteiger partial charge on any atom is 0.317 e. The zero-order chi connectivity index (χ0) is 105. The van der Waals surface area contributed by atoms with Gasteiger partial charge >= 0.3 is 23.9 Å². The van der Waals surface area contributed by atoms with Gasteiger partial charge in [0.2, 0.25) is 5.82 Å². The van der Waals surface area contributed by atoms with Crippen molar-refractivity contribution in [2.45, 2.75) is 292 Å². The highest BCUT2D eigenvalue weighted by atomic mass is 32.2. The van der Waals surface area contributed by atoms with E-state index in [4.69, 9.17) is 24.1 Å². The minimum atomic E-state index is -5.77. The summed E-state index contributed by atoms with van der Waals surface area (Å²) in [4.78, 5) is 48.6. The lowest BCUT2D eigenvalue weighted by molar-refractivity contribution is -0.187. The summed E-state index contributed by atoms with van der Waals surface area (Å²) in [7, 11) is -32.7. The summed E-state index contributed by atoms with van der Waals surface area (Å²) in [5.74, 6) is -12.4. The summed E-state index contributed by atoms with van der Waals surface area (Å²) in [5.41, 5.74) is 3.93. The van der Waals surface area contributed by atoms with Crippen LogP contribution in [0.25, 0.3) is 10.8 Å². The van der Waals surface area contributed by atoms with E-state index in [2.05, 4.69) is 12.1 Å². The first kappa shape index (κ1) is 111. The molecule has 10 bridgehead atoms. The van der Waals surface area contributed by atoms with E-state index in [-0.39, 0.29) is 99.6 Å². The van der Waals surface area contributed by atoms with Gasteiger partial charge in [0.05, 0.1) is 63.0 Å². The Morgan fingerprint density at radius 1 is 0.441 bits per heavy atom. The minimum Gasteiger partial charge on any atom is -0.748 e. The molecule has 21 rings (SSSR count). The average Bonchev–Trinajstić information content (AvgIpc) is 1.54. The van der Waals surface area contributed by atoms with Crippen LogP contribution in [0.3, 0.4) is 0 Å². The smallest absolute Gasteiger partial charge is 0.317 e. The number of aryl methyl sites for hydroxylation is 2. The summed E-state index contributed by atoms with van der Waals surface area (Å²) in [6.45, 7) is 9.91. The third-order valence-corrected chi connectivity index (χ3v) is 36.7. The molecule has 1 saturated heterocycles. The Labute approximate surface area is 829 Å². The van der Waals surface area contributed by atoms with Crippen LogP contribution in [0.2, 0.25) is 0 Å². The number of carbonyl (C=O) groups excluding carboxylic acids is 4. The molecule has 143 heavy (non-hydrogen) atoms. The average molecular weight is 2140 g/mol. The number of fused-ring (bicyclic) bond motifs is 2. The van der Waals surface area contributed by atoms with Gasteiger partial charge in [0.15, 0.2) is 23.3 Å². The second-order valence-electron chi connectivity index (χ2n) is 41.0. The molecule has 13 saturated carbocycles. The maximum atomic E-state index is 13.5. The Bertz CT molecular complexity index is 6700. The van der Waals surface area contributed by atoms with E-state index < -0.39 is 164 Å². The molecule has 44 heteroatoms. The van der Waals surface area contributed by atoms with Crippen molar-refractivity contribution in [3.8, 4) is 23.0 Å². The van der Waals surface area contributed by atoms with E-state index in [0.29, 0.717) is 75.7 Å². The van der Waals surface area contributed by atoms with Crippen molar-refractivity contribution in [2.75, 3.05) is 12.4 Å². The van der Waals surface area contributed by atoms with Gasteiger partial charge in [-0.25, -0.2) is 80.9 Å². The Balaban J connectivity index is 0.000000144. The van der Waals surface area contributed by atoms with Crippen LogP contribution < -0.4 is 4.74 Å². The Morgan fingerprint density at radius 3 is 1.27 bits per heavy atom. The van der Waals surface area contributed by atoms with Crippen molar-refractivity contribution >= 4 is 105 Å². The van der Waals surface area contributed by atoms with Gasteiger partial charge in [-0.15, -0.1) is 0 Å². The van der Waals surface area contributed by atoms with Crippen molar-refractivity contribution in [1.82, 2.24) is 0 Å². The first-order chi connectivity index (χ1) is 66.6. The monoisotopic (exact) mass is 2130 g/mol. The first-order valence-electron chi connectivity index (χ1n) is 47.8. The second kappa shape index (κ2) is 43.9. The van der Waals surface area contributed by atoms with Gasteiger partial charge in [-0.2, -0.15) is 0 Å². The summed E-state index contributed by atoms with van der Waals surface area (Å²) in [5, 5.41) is 28.3. The topological polar surface area (TPSA) is 566 Å². The molecule has 0 radical (unpaired) electrons. The molecule has 3 N–H and O–H groups in total. The van der Waals surface area contributed by atoms with Crippen molar-refractivity contribution in [1.29, 1.82) is 0 Å². The van der Waals surface area contributed by atoms with Crippen molar-refractivity contribution in [3.63, 3.8) is 0 Å². The molecule has 7 aromatic carbocycles. The van der Waals surface area contributed by atoms with Crippen LogP contribution in [-0.4, -0.2) is 155 Å². The third kappa shape index (κ3) is 25.7. The molecule has 14 fully saturated rings. The molecule has 0 spiro atoms. The molecular formula is C99H114F5O32S7-7. The maximum absolute atomic E-state index is 13.5. The Morgan fingerprint density at radius 2 is 0.853 bits per heavy atom. The number of halogens is 5. The van der Waals surface area contributed by atoms with Gasteiger partial charge in [0, 0.05) is 22.6 Å². The lowest BCUT2D eigenvalue weighted by Gasteiger charge is -2.55. The van der Waals surface area contributed by atoms with Crippen LogP contribution in [0.15, 0.2) is 126 Å². The van der Waals surface area contributed by atoms with E-state index in [1.54, 1.807) is 31.2 Å². The van der Waals surface area contributed by atoms with Crippen LogP contribution in [-0.2, 0) is 104 Å². The molecule has 1 aliphatic heterocycles. The van der Waals surface area contributed by atoms with Gasteiger partial charge < -0.3 is 66.1 Å². The van der Waals surface area contributed by atoms with Gasteiger partial charge in [0.1, 0.15) is 107 Å². The van der Waals surface area contributed by atoms with Crippen molar-refractivity contribution < 1.29 is 166 Å². The summed E-state index contributed by atoms with van der Waals surface area (Å²) >= 11 is 0. The van der Waals surface area contributed by atoms with E-state index in [0.717, 1.165) is 131 Å². The SMILES string of the molecule is Cc1cc(O)c(C(C)C)cc1S(=O)(=O)[O-].Cc1cc(OC(=O)C23CC4CC(CC(C4)C2)C3)c(C(C)C)cc1S(=O)(=O)[O-].O=C1OC2C3CC(C2OC(=O)C24CC5CC(CC(C5)C2)C4)C(C(=O)OCCS(=O)(=O)[O-])C13.O=S(=O)([O-])c1c(C2CCCCC2)cc(C2CCCCC2)cc1C1CCCCC1.O=S(=O)([O-])c1c(F)c(F)c(F)c(F)c1F.O=S(=O)([O-])c1ccc(O)c2ccccc12.O=S(=O)([O-])c1ccc(O)cc1. The molecule has 14 aliphatic rings.